The minimum Gasteiger partial charge on any atom is -0.462 e. The van der Waals surface area contributed by atoms with Crippen LogP contribution in [0.3, 0.4) is 0 Å². The van der Waals surface area contributed by atoms with Crippen LogP contribution in [-0.2, 0) is 9.53 Å². The van der Waals surface area contributed by atoms with Crippen molar-refractivity contribution in [3.05, 3.63) is 75.4 Å². The van der Waals surface area contributed by atoms with Gasteiger partial charge in [0.25, 0.3) is 5.91 Å². The zero-order chi connectivity index (χ0) is 24.8. The lowest BCUT2D eigenvalue weighted by Crippen LogP contribution is -2.48. The minimum atomic E-state index is -0.642. The molecule has 1 heterocycles. The summed E-state index contributed by atoms with van der Waals surface area (Å²) in [5, 5.41) is 5.81. The van der Waals surface area contributed by atoms with Crippen LogP contribution in [0.1, 0.15) is 56.1 Å². The summed E-state index contributed by atoms with van der Waals surface area (Å²) in [5.41, 5.74) is 2.88. The number of nitrogens with zero attached hydrogens (tertiary/aromatic N) is 1. The number of urea groups is 1. The summed E-state index contributed by atoms with van der Waals surface area (Å²) < 4.78 is 6.42. The molecule has 3 rings (SSSR count). The number of allylic oxidation sites excluding steroid dienone is 1. The van der Waals surface area contributed by atoms with Gasteiger partial charge in [-0.25, -0.2) is 9.59 Å². The molecule has 1 aliphatic rings. The summed E-state index contributed by atoms with van der Waals surface area (Å²) in [6, 6.07) is 13.3. The van der Waals surface area contributed by atoms with Crippen molar-refractivity contribution >= 4 is 39.5 Å². The Balaban J connectivity index is 1.85. The second-order valence-corrected chi connectivity index (χ2v) is 9.52. The molecule has 2 N–H and O–H groups in total. The van der Waals surface area contributed by atoms with E-state index < -0.39 is 12.0 Å². The van der Waals surface area contributed by atoms with E-state index in [2.05, 4.69) is 26.6 Å². The lowest BCUT2D eigenvalue weighted by Gasteiger charge is -2.35. The van der Waals surface area contributed by atoms with Gasteiger partial charge in [-0.2, -0.15) is 0 Å². The molecule has 1 aliphatic heterocycles. The van der Waals surface area contributed by atoms with Gasteiger partial charge in [0, 0.05) is 28.0 Å². The number of rotatable bonds is 8. The maximum atomic E-state index is 13.0. The van der Waals surface area contributed by atoms with E-state index in [-0.39, 0.29) is 17.9 Å². The fraction of sp³-hybridized carbons (Fsp3) is 0.346. The third-order valence-corrected chi connectivity index (χ3v) is 5.95. The Morgan fingerprint density at radius 1 is 1.12 bits per heavy atom. The number of hydrogen-bond acceptors (Lipinski definition) is 4. The molecule has 0 spiro atoms. The first-order valence-electron chi connectivity index (χ1n) is 11.3. The topological polar surface area (TPSA) is 87.7 Å². The van der Waals surface area contributed by atoms with Gasteiger partial charge in [0.05, 0.1) is 18.2 Å². The predicted octanol–water partition coefficient (Wildman–Crippen LogP) is 5.65. The molecular formula is C26H30BrN3O4. The standard InChI is InChI=1S/C26H30BrN3O4/c1-5-14-30-17(4)22(25(32)34-15-16(2)3)23(29-26(30)33)18-8-12-21(13-9-18)28-24(31)19-6-10-20(27)11-7-19/h6-13,16,23H,5,14-15H2,1-4H3,(H,28,31)(H,29,33)/t23-/m0/s1. The second-order valence-electron chi connectivity index (χ2n) is 8.61. The molecule has 0 unspecified atom stereocenters. The maximum absolute atomic E-state index is 13.0. The van der Waals surface area contributed by atoms with Crippen LogP contribution in [0, 0.1) is 5.92 Å². The molecule has 0 bridgehead atoms. The summed E-state index contributed by atoms with van der Waals surface area (Å²) in [7, 11) is 0. The Morgan fingerprint density at radius 3 is 2.35 bits per heavy atom. The van der Waals surface area contributed by atoms with Crippen LogP contribution in [0.2, 0.25) is 0 Å². The lowest BCUT2D eigenvalue weighted by atomic mass is 9.94. The molecule has 3 amide bonds. The van der Waals surface area contributed by atoms with Gasteiger partial charge in [0.15, 0.2) is 0 Å². The van der Waals surface area contributed by atoms with Gasteiger partial charge in [-0.1, -0.05) is 48.8 Å². The number of carbonyl (C=O) groups is 3. The molecule has 0 saturated carbocycles. The molecule has 7 nitrogen and oxygen atoms in total. The average molecular weight is 528 g/mol. The van der Waals surface area contributed by atoms with Gasteiger partial charge in [-0.3, -0.25) is 9.69 Å². The van der Waals surface area contributed by atoms with Crippen molar-refractivity contribution in [1.82, 2.24) is 10.2 Å². The monoisotopic (exact) mass is 527 g/mol. The molecule has 1 atom stereocenters. The minimum absolute atomic E-state index is 0.196. The summed E-state index contributed by atoms with van der Waals surface area (Å²) in [6.07, 6.45) is 0.760. The molecule has 0 radical (unpaired) electrons. The molecular weight excluding hydrogens is 498 g/mol. The Kier molecular flexibility index (Phi) is 8.50. The molecule has 2 aromatic rings. The Bertz CT molecular complexity index is 1080. The summed E-state index contributed by atoms with van der Waals surface area (Å²) in [6.45, 7) is 8.50. The maximum Gasteiger partial charge on any atom is 0.338 e. The van der Waals surface area contributed by atoms with Crippen LogP contribution < -0.4 is 10.6 Å². The number of nitrogens with one attached hydrogen (secondary N) is 2. The number of hydrogen-bond donors (Lipinski definition) is 2. The van der Waals surface area contributed by atoms with E-state index >= 15 is 0 Å². The highest BCUT2D eigenvalue weighted by atomic mass is 79.9. The quantitative estimate of drug-likeness (QED) is 0.434. The Hall–Kier alpha value is -3.13. The number of halogens is 1. The van der Waals surface area contributed by atoms with E-state index in [4.69, 9.17) is 4.74 Å². The highest BCUT2D eigenvalue weighted by Crippen LogP contribution is 2.32. The SMILES string of the molecule is CCCN1C(=O)N[C@@H](c2ccc(NC(=O)c3ccc(Br)cc3)cc2)C(C(=O)OCC(C)C)=C1C. The number of anilines is 1. The molecule has 8 heteroatoms. The molecule has 0 fully saturated rings. The average Bonchev–Trinajstić information content (AvgIpc) is 2.80. The van der Waals surface area contributed by atoms with Crippen molar-refractivity contribution in [2.75, 3.05) is 18.5 Å². The normalized spacial score (nSPS) is 15.9. The van der Waals surface area contributed by atoms with Crippen molar-refractivity contribution in [2.45, 2.75) is 40.2 Å². The van der Waals surface area contributed by atoms with Gasteiger partial charge in [0.1, 0.15) is 0 Å². The van der Waals surface area contributed by atoms with E-state index in [0.717, 1.165) is 16.5 Å². The van der Waals surface area contributed by atoms with Crippen LogP contribution in [0.4, 0.5) is 10.5 Å². The third kappa shape index (κ3) is 6.05. The predicted molar refractivity (Wildman–Crippen MR) is 135 cm³/mol. The van der Waals surface area contributed by atoms with E-state index in [1.807, 2.05) is 20.8 Å². The lowest BCUT2D eigenvalue weighted by molar-refractivity contribution is -0.140. The summed E-state index contributed by atoms with van der Waals surface area (Å²) in [4.78, 5) is 39.9. The van der Waals surface area contributed by atoms with E-state index in [0.29, 0.717) is 35.7 Å². The van der Waals surface area contributed by atoms with Crippen molar-refractivity contribution in [3.63, 3.8) is 0 Å². The molecule has 2 aromatic carbocycles. The highest BCUT2D eigenvalue weighted by molar-refractivity contribution is 9.10. The van der Waals surface area contributed by atoms with Crippen molar-refractivity contribution in [2.24, 2.45) is 5.92 Å². The van der Waals surface area contributed by atoms with Crippen molar-refractivity contribution in [3.8, 4) is 0 Å². The molecule has 180 valence electrons. The van der Waals surface area contributed by atoms with Crippen LogP contribution in [-0.4, -0.2) is 36.0 Å². The second kappa shape index (κ2) is 11.3. The van der Waals surface area contributed by atoms with Crippen molar-refractivity contribution < 1.29 is 19.1 Å². The summed E-state index contributed by atoms with van der Waals surface area (Å²) >= 11 is 3.36. The Labute approximate surface area is 208 Å². The van der Waals surface area contributed by atoms with Crippen LogP contribution >= 0.6 is 15.9 Å². The van der Waals surface area contributed by atoms with Gasteiger partial charge in [-0.15, -0.1) is 0 Å². The number of ether oxygens (including phenoxy) is 1. The number of esters is 1. The fourth-order valence-electron chi connectivity index (χ4n) is 3.67. The first-order chi connectivity index (χ1) is 16.2. The van der Waals surface area contributed by atoms with Crippen LogP contribution in [0.15, 0.2) is 64.3 Å². The number of benzene rings is 2. The van der Waals surface area contributed by atoms with Crippen LogP contribution in [0.25, 0.3) is 0 Å². The van der Waals surface area contributed by atoms with E-state index in [9.17, 15) is 14.4 Å². The summed E-state index contributed by atoms with van der Waals surface area (Å²) in [5.74, 6) is -0.470. The number of amides is 3. The highest BCUT2D eigenvalue weighted by Gasteiger charge is 2.36. The van der Waals surface area contributed by atoms with Gasteiger partial charge < -0.3 is 15.4 Å². The van der Waals surface area contributed by atoms with E-state index in [1.165, 1.54) is 0 Å². The first-order valence-corrected chi connectivity index (χ1v) is 12.1. The molecule has 0 saturated heterocycles. The zero-order valence-electron chi connectivity index (χ0n) is 19.9. The third-order valence-electron chi connectivity index (χ3n) is 5.42. The Morgan fingerprint density at radius 2 is 1.76 bits per heavy atom. The smallest absolute Gasteiger partial charge is 0.338 e. The van der Waals surface area contributed by atoms with Gasteiger partial charge in [-0.05, 0) is 61.2 Å². The molecule has 34 heavy (non-hydrogen) atoms. The first kappa shape index (κ1) is 25.5. The molecule has 0 aromatic heterocycles. The largest absolute Gasteiger partial charge is 0.462 e. The van der Waals surface area contributed by atoms with Crippen molar-refractivity contribution in [1.29, 1.82) is 0 Å². The van der Waals surface area contributed by atoms with Gasteiger partial charge in [0.2, 0.25) is 0 Å². The fourth-order valence-corrected chi connectivity index (χ4v) is 3.94. The molecule has 0 aliphatic carbocycles. The number of carbonyl (C=O) groups excluding carboxylic acids is 3. The zero-order valence-corrected chi connectivity index (χ0v) is 21.4. The van der Waals surface area contributed by atoms with E-state index in [1.54, 1.807) is 60.4 Å². The van der Waals surface area contributed by atoms with Crippen LogP contribution in [0.5, 0.6) is 0 Å². The van der Waals surface area contributed by atoms with Gasteiger partial charge >= 0.3 is 12.0 Å².